The molecule has 0 aliphatic rings. The van der Waals surface area contributed by atoms with Crippen molar-refractivity contribution >= 4 is 5.97 Å². The lowest BCUT2D eigenvalue weighted by molar-refractivity contribution is -0.148. The van der Waals surface area contributed by atoms with Crippen molar-refractivity contribution in [2.45, 2.75) is 59.2 Å². The second-order valence-corrected chi connectivity index (χ2v) is 4.20. The largest absolute Gasteiger partial charge is 0.463 e. The second-order valence-electron chi connectivity index (χ2n) is 4.20. The summed E-state index contributed by atoms with van der Waals surface area (Å²) in [5.41, 5.74) is 0. The Hall–Kier alpha value is -0.610. The van der Waals surface area contributed by atoms with Crippen LogP contribution in [-0.2, 0) is 19.0 Å². The fraction of sp³-hybridized carbons (Fsp3) is 0.923. The van der Waals surface area contributed by atoms with E-state index in [4.69, 9.17) is 14.2 Å². The normalized spacial score (nSPS) is 14.4. The first-order chi connectivity index (χ1) is 8.10. The van der Waals surface area contributed by atoms with E-state index in [1.807, 2.05) is 27.7 Å². The Bertz CT molecular complexity index is 194. The Labute approximate surface area is 105 Å². The summed E-state index contributed by atoms with van der Waals surface area (Å²) in [4.78, 5) is 11.2. The molecule has 2 unspecified atom stereocenters. The van der Waals surface area contributed by atoms with Crippen molar-refractivity contribution in [2.75, 3.05) is 19.8 Å². The highest BCUT2D eigenvalue weighted by atomic mass is 16.6. The highest BCUT2D eigenvalue weighted by Gasteiger charge is 2.09. The number of ether oxygens (including phenoxy) is 3. The Morgan fingerprint density at radius 3 is 2.29 bits per heavy atom. The average Bonchev–Trinajstić information content (AvgIpc) is 2.31. The van der Waals surface area contributed by atoms with Crippen molar-refractivity contribution in [3.63, 3.8) is 0 Å². The molecule has 102 valence electrons. The van der Waals surface area contributed by atoms with E-state index in [1.54, 1.807) is 0 Å². The summed E-state index contributed by atoms with van der Waals surface area (Å²) >= 11 is 0. The van der Waals surface area contributed by atoms with Gasteiger partial charge in [0.2, 0.25) is 0 Å². The molecule has 0 aliphatic heterocycles. The number of hydrogen-bond acceptors (Lipinski definition) is 4. The minimum Gasteiger partial charge on any atom is -0.463 e. The van der Waals surface area contributed by atoms with Crippen LogP contribution in [0.3, 0.4) is 0 Å². The molecule has 0 aromatic carbocycles. The van der Waals surface area contributed by atoms with Crippen molar-refractivity contribution in [1.82, 2.24) is 0 Å². The molecule has 0 rings (SSSR count). The summed E-state index contributed by atoms with van der Waals surface area (Å²) < 4.78 is 15.9. The van der Waals surface area contributed by atoms with Crippen molar-refractivity contribution < 1.29 is 19.0 Å². The molecular formula is C13H26O4. The van der Waals surface area contributed by atoms with Crippen LogP contribution in [0, 0.1) is 0 Å². The van der Waals surface area contributed by atoms with E-state index in [9.17, 15) is 4.79 Å². The molecule has 0 aromatic rings. The van der Waals surface area contributed by atoms with E-state index in [0.717, 1.165) is 12.8 Å². The van der Waals surface area contributed by atoms with Gasteiger partial charge < -0.3 is 14.2 Å². The van der Waals surface area contributed by atoms with Crippen molar-refractivity contribution in [3.05, 3.63) is 0 Å². The van der Waals surface area contributed by atoms with Gasteiger partial charge in [-0.3, -0.25) is 4.79 Å². The van der Waals surface area contributed by atoms with E-state index >= 15 is 0 Å². The Balaban J connectivity index is 3.51. The molecule has 0 radical (unpaired) electrons. The van der Waals surface area contributed by atoms with Crippen molar-refractivity contribution in [3.8, 4) is 0 Å². The van der Waals surface area contributed by atoms with Gasteiger partial charge >= 0.3 is 5.97 Å². The zero-order valence-corrected chi connectivity index (χ0v) is 11.5. The van der Waals surface area contributed by atoms with Crippen LogP contribution in [0.4, 0.5) is 0 Å². The van der Waals surface area contributed by atoms with Crippen LogP contribution in [0.1, 0.15) is 47.0 Å². The summed E-state index contributed by atoms with van der Waals surface area (Å²) in [6.45, 7) is 9.40. The predicted octanol–water partition coefficient (Wildman–Crippen LogP) is 2.55. The first kappa shape index (κ1) is 16.4. The quantitative estimate of drug-likeness (QED) is 0.556. The van der Waals surface area contributed by atoms with Gasteiger partial charge in [-0.15, -0.1) is 0 Å². The molecule has 0 bridgehead atoms. The van der Waals surface area contributed by atoms with Gasteiger partial charge in [-0.1, -0.05) is 13.3 Å². The third-order valence-electron chi connectivity index (χ3n) is 2.28. The summed E-state index contributed by atoms with van der Waals surface area (Å²) in [6, 6.07) is 0. The molecule has 0 aromatic heterocycles. The number of hydrogen-bond donors (Lipinski definition) is 0. The zero-order valence-electron chi connectivity index (χ0n) is 11.5. The Morgan fingerprint density at radius 1 is 1.06 bits per heavy atom. The summed E-state index contributed by atoms with van der Waals surface area (Å²) in [5.74, 6) is -0.139. The van der Waals surface area contributed by atoms with Crippen LogP contribution in [-0.4, -0.2) is 38.0 Å². The van der Waals surface area contributed by atoms with Crippen molar-refractivity contribution in [2.24, 2.45) is 0 Å². The van der Waals surface area contributed by atoms with Crippen LogP contribution < -0.4 is 0 Å². The summed E-state index contributed by atoms with van der Waals surface area (Å²) in [5, 5.41) is 0. The number of unbranched alkanes of at least 4 members (excludes halogenated alkanes) is 1. The monoisotopic (exact) mass is 246 g/mol. The molecule has 0 fully saturated rings. The summed E-state index contributed by atoms with van der Waals surface area (Å²) in [6.07, 6.45) is 2.39. The van der Waals surface area contributed by atoms with E-state index < -0.39 is 0 Å². The number of carbonyl (C=O) groups excluding carboxylic acids is 1. The average molecular weight is 246 g/mol. The number of rotatable bonds is 10. The maximum atomic E-state index is 11.2. The smallest absolute Gasteiger partial charge is 0.305 e. The van der Waals surface area contributed by atoms with Gasteiger partial charge in [-0.2, -0.15) is 0 Å². The van der Waals surface area contributed by atoms with Gasteiger partial charge in [-0.05, 0) is 27.2 Å². The maximum Gasteiger partial charge on any atom is 0.305 e. The van der Waals surface area contributed by atoms with Crippen LogP contribution in [0.15, 0.2) is 0 Å². The van der Waals surface area contributed by atoms with Gasteiger partial charge in [-0.25, -0.2) is 0 Å². The topological polar surface area (TPSA) is 44.8 Å². The van der Waals surface area contributed by atoms with E-state index in [2.05, 4.69) is 0 Å². The highest BCUT2D eigenvalue weighted by molar-refractivity contribution is 5.69. The van der Waals surface area contributed by atoms with Crippen LogP contribution in [0.25, 0.3) is 0 Å². The molecule has 0 saturated heterocycles. The maximum absolute atomic E-state index is 11.2. The second kappa shape index (κ2) is 10.5. The van der Waals surface area contributed by atoms with Gasteiger partial charge in [0.05, 0.1) is 18.8 Å². The summed E-state index contributed by atoms with van der Waals surface area (Å²) in [7, 11) is 0. The number of esters is 1. The van der Waals surface area contributed by atoms with E-state index in [-0.39, 0.29) is 18.2 Å². The molecule has 0 spiro atoms. The Kier molecular flexibility index (Phi) is 10.2. The minimum atomic E-state index is -0.139. The zero-order chi connectivity index (χ0) is 13.1. The van der Waals surface area contributed by atoms with E-state index in [0.29, 0.717) is 26.2 Å². The third-order valence-corrected chi connectivity index (χ3v) is 2.28. The standard InChI is InChI=1S/C13H26O4/c1-5-7-8-13(14)17-10-12(4)16-9-11(3)15-6-2/h11-12H,5-10H2,1-4H3. The lowest BCUT2D eigenvalue weighted by Crippen LogP contribution is -2.24. The first-order valence-corrected chi connectivity index (χ1v) is 6.48. The van der Waals surface area contributed by atoms with Gasteiger partial charge in [0.25, 0.3) is 0 Å². The SMILES string of the molecule is CCCCC(=O)OCC(C)OCC(C)OCC. The first-order valence-electron chi connectivity index (χ1n) is 6.48. The molecule has 2 atom stereocenters. The number of carbonyl (C=O) groups is 1. The molecule has 17 heavy (non-hydrogen) atoms. The lowest BCUT2D eigenvalue weighted by Gasteiger charge is -2.17. The molecule has 0 amide bonds. The molecule has 0 saturated carbocycles. The molecule has 0 N–H and O–H groups in total. The van der Waals surface area contributed by atoms with Gasteiger partial charge in [0.15, 0.2) is 0 Å². The Morgan fingerprint density at radius 2 is 1.71 bits per heavy atom. The van der Waals surface area contributed by atoms with Gasteiger partial charge in [0, 0.05) is 13.0 Å². The minimum absolute atomic E-state index is 0.0801. The fourth-order valence-corrected chi connectivity index (χ4v) is 1.28. The molecule has 0 heterocycles. The highest BCUT2D eigenvalue weighted by Crippen LogP contribution is 2.00. The molecular weight excluding hydrogens is 220 g/mol. The van der Waals surface area contributed by atoms with Crippen LogP contribution in [0.2, 0.25) is 0 Å². The molecule has 0 aliphatic carbocycles. The molecule has 4 nitrogen and oxygen atoms in total. The van der Waals surface area contributed by atoms with Crippen LogP contribution in [0.5, 0.6) is 0 Å². The lowest BCUT2D eigenvalue weighted by atomic mass is 10.2. The van der Waals surface area contributed by atoms with Crippen LogP contribution >= 0.6 is 0 Å². The van der Waals surface area contributed by atoms with Gasteiger partial charge in [0.1, 0.15) is 6.61 Å². The molecule has 4 heteroatoms. The van der Waals surface area contributed by atoms with E-state index in [1.165, 1.54) is 0 Å². The third kappa shape index (κ3) is 10.3. The van der Waals surface area contributed by atoms with Crippen molar-refractivity contribution in [1.29, 1.82) is 0 Å². The fourth-order valence-electron chi connectivity index (χ4n) is 1.28. The predicted molar refractivity (Wildman–Crippen MR) is 67.0 cm³/mol.